The van der Waals surface area contributed by atoms with E-state index in [4.69, 9.17) is 16.3 Å². The minimum absolute atomic E-state index is 0.0956. The van der Waals surface area contributed by atoms with Crippen molar-refractivity contribution in [3.05, 3.63) is 51.7 Å². The van der Waals surface area contributed by atoms with Crippen molar-refractivity contribution in [1.82, 2.24) is 9.80 Å². The van der Waals surface area contributed by atoms with Crippen molar-refractivity contribution in [3.8, 4) is 0 Å². The van der Waals surface area contributed by atoms with E-state index in [2.05, 4.69) is 21.7 Å². The fraction of sp³-hybridized carbons (Fsp3) is 0.389. The Kier molecular flexibility index (Phi) is 6.69. The number of benzene rings is 1. The van der Waals surface area contributed by atoms with E-state index in [1.807, 2.05) is 22.4 Å². The zero-order chi connectivity index (χ0) is 17.5. The van der Waals surface area contributed by atoms with Crippen LogP contribution in [0.15, 0.2) is 41.1 Å². The topological polar surface area (TPSA) is 44.8 Å². The van der Waals surface area contributed by atoms with Gasteiger partial charge < -0.3 is 15.0 Å². The largest absolute Gasteiger partial charge is 0.379 e. The highest BCUT2D eigenvalue weighted by Gasteiger charge is 2.17. The van der Waals surface area contributed by atoms with Gasteiger partial charge in [-0.2, -0.15) is 11.3 Å². The van der Waals surface area contributed by atoms with Gasteiger partial charge in [0, 0.05) is 43.4 Å². The number of hydrogen-bond donors (Lipinski definition) is 1. The number of carbonyl (C=O) groups excluding carboxylic acids is 1. The fourth-order valence-electron chi connectivity index (χ4n) is 2.68. The zero-order valence-electron chi connectivity index (χ0n) is 14.0. The molecule has 7 heteroatoms. The van der Waals surface area contributed by atoms with Gasteiger partial charge in [-0.05, 0) is 46.7 Å². The molecule has 1 aromatic heterocycles. The van der Waals surface area contributed by atoms with Crippen molar-refractivity contribution >= 4 is 34.7 Å². The molecule has 5 nitrogen and oxygen atoms in total. The van der Waals surface area contributed by atoms with Crippen molar-refractivity contribution in [2.45, 2.75) is 6.54 Å². The standard InChI is InChI=1S/C18H22ClN3O2S/c19-16-1-3-17(4-2-16)20-18(23)22(13-15-5-12-25-14-15)7-6-21-8-10-24-11-9-21/h1-5,12,14H,6-11,13H2,(H,20,23). The van der Waals surface area contributed by atoms with Gasteiger partial charge in [-0.25, -0.2) is 4.79 Å². The number of ether oxygens (including phenoxy) is 1. The van der Waals surface area contributed by atoms with Gasteiger partial charge in [-0.3, -0.25) is 4.90 Å². The highest BCUT2D eigenvalue weighted by atomic mass is 35.5. The fourth-order valence-corrected chi connectivity index (χ4v) is 3.46. The molecule has 2 heterocycles. The molecule has 1 N–H and O–H groups in total. The molecule has 0 spiro atoms. The molecule has 1 aliphatic heterocycles. The summed E-state index contributed by atoms with van der Waals surface area (Å²) < 4.78 is 5.38. The summed E-state index contributed by atoms with van der Waals surface area (Å²) in [4.78, 5) is 16.9. The number of nitrogens with one attached hydrogen (secondary N) is 1. The number of morpholine rings is 1. The number of halogens is 1. The Balaban J connectivity index is 1.61. The van der Waals surface area contributed by atoms with E-state index in [1.54, 1.807) is 23.5 Å². The summed E-state index contributed by atoms with van der Waals surface area (Å²) in [6.45, 7) is 5.50. The normalized spacial score (nSPS) is 15.1. The van der Waals surface area contributed by atoms with E-state index in [0.717, 1.165) is 44.1 Å². The van der Waals surface area contributed by atoms with Crippen molar-refractivity contribution in [2.75, 3.05) is 44.7 Å². The van der Waals surface area contributed by atoms with E-state index in [9.17, 15) is 4.79 Å². The van der Waals surface area contributed by atoms with Crippen molar-refractivity contribution < 1.29 is 9.53 Å². The molecule has 3 rings (SSSR count). The van der Waals surface area contributed by atoms with Crippen molar-refractivity contribution in [3.63, 3.8) is 0 Å². The van der Waals surface area contributed by atoms with E-state index in [1.165, 1.54) is 0 Å². The van der Waals surface area contributed by atoms with Crippen molar-refractivity contribution in [2.24, 2.45) is 0 Å². The molecule has 1 aliphatic rings. The summed E-state index contributed by atoms with van der Waals surface area (Å²) >= 11 is 7.55. The Hall–Kier alpha value is -1.60. The third kappa shape index (κ3) is 5.71. The molecule has 2 aromatic rings. The second kappa shape index (κ2) is 9.20. The highest BCUT2D eigenvalue weighted by molar-refractivity contribution is 7.07. The Labute approximate surface area is 157 Å². The third-order valence-corrected chi connectivity index (χ3v) is 5.11. The number of carbonyl (C=O) groups is 1. The first-order valence-electron chi connectivity index (χ1n) is 8.33. The van der Waals surface area contributed by atoms with Crippen LogP contribution in [-0.2, 0) is 11.3 Å². The minimum atomic E-state index is -0.0956. The minimum Gasteiger partial charge on any atom is -0.379 e. The van der Waals surface area contributed by atoms with Crippen LogP contribution in [0, 0.1) is 0 Å². The summed E-state index contributed by atoms with van der Waals surface area (Å²) in [5, 5.41) is 7.73. The molecular weight excluding hydrogens is 358 g/mol. The van der Waals surface area contributed by atoms with Gasteiger partial charge in [-0.1, -0.05) is 11.6 Å². The Bertz CT molecular complexity index is 657. The van der Waals surface area contributed by atoms with E-state index in [-0.39, 0.29) is 6.03 Å². The molecule has 0 atom stereocenters. The quantitative estimate of drug-likeness (QED) is 0.831. The summed E-state index contributed by atoms with van der Waals surface area (Å²) in [6, 6.07) is 9.13. The predicted molar refractivity (Wildman–Crippen MR) is 102 cm³/mol. The molecule has 0 aliphatic carbocycles. The molecule has 0 bridgehead atoms. The number of rotatable bonds is 6. The van der Waals surface area contributed by atoms with Crippen LogP contribution in [0.3, 0.4) is 0 Å². The number of nitrogens with zero attached hydrogens (tertiary/aromatic N) is 2. The van der Waals surface area contributed by atoms with Gasteiger partial charge in [0.05, 0.1) is 13.2 Å². The number of amides is 2. The van der Waals surface area contributed by atoms with Crippen LogP contribution in [0.4, 0.5) is 10.5 Å². The van der Waals surface area contributed by atoms with E-state index in [0.29, 0.717) is 18.1 Å². The van der Waals surface area contributed by atoms with Gasteiger partial charge >= 0.3 is 6.03 Å². The maximum Gasteiger partial charge on any atom is 0.322 e. The summed E-state index contributed by atoms with van der Waals surface area (Å²) in [5.41, 5.74) is 1.90. The molecule has 1 saturated heterocycles. The summed E-state index contributed by atoms with van der Waals surface area (Å²) in [5.74, 6) is 0. The van der Waals surface area contributed by atoms with Gasteiger partial charge in [0.25, 0.3) is 0 Å². The first-order valence-corrected chi connectivity index (χ1v) is 9.65. The Morgan fingerprint density at radius 2 is 2.00 bits per heavy atom. The van der Waals surface area contributed by atoms with Crippen LogP contribution in [0.25, 0.3) is 0 Å². The smallest absolute Gasteiger partial charge is 0.322 e. The average Bonchev–Trinajstić information content (AvgIpc) is 3.14. The number of hydrogen-bond acceptors (Lipinski definition) is 4. The maximum atomic E-state index is 12.7. The maximum absolute atomic E-state index is 12.7. The molecule has 0 saturated carbocycles. The Morgan fingerprint density at radius 3 is 2.68 bits per heavy atom. The number of thiophene rings is 1. The van der Waals surface area contributed by atoms with Crippen molar-refractivity contribution in [1.29, 1.82) is 0 Å². The first kappa shape index (κ1) is 18.2. The molecule has 0 unspecified atom stereocenters. The van der Waals surface area contributed by atoms with Crippen LogP contribution in [-0.4, -0.2) is 55.2 Å². The number of urea groups is 1. The lowest BCUT2D eigenvalue weighted by molar-refractivity contribution is 0.0349. The molecule has 2 amide bonds. The van der Waals surface area contributed by atoms with Gasteiger partial charge in [0.1, 0.15) is 0 Å². The second-order valence-corrected chi connectivity index (χ2v) is 7.16. The van der Waals surface area contributed by atoms with Gasteiger partial charge in [0.15, 0.2) is 0 Å². The van der Waals surface area contributed by atoms with E-state index >= 15 is 0 Å². The summed E-state index contributed by atoms with van der Waals surface area (Å²) in [6.07, 6.45) is 0. The molecule has 1 aromatic carbocycles. The number of anilines is 1. The molecule has 0 radical (unpaired) electrons. The lowest BCUT2D eigenvalue weighted by Crippen LogP contribution is -2.44. The van der Waals surface area contributed by atoms with Crippen LogP contribution >= 0.6 is 22.9 Å². The lowest BCUT2D eigenvalue weighted by atomic mass is 10.3. The van der Waals surface area contributed by atoms with Gasteiger partial charge in [0.2, 0.25) is 0 Å². The van der Waals surface area contributed by atoms with Crippen LogP contribution in [0.1, 0.15) is 5.56 Å². The second-order valence-electron chi connectivity index (χ2n) is 5.94. The predicted octanol–water partition coefficient (Wildman–Crippen LogP) is 3.77. The Morgan fingerprint density at radius 1 is 1.24 bits per heavy atom. The van der Waals surface area contributed by atoms with Gasteiger partial charge in [-0.15, -0.1) is 0 Å². The highest BCUT2D eigenvalue weighted by Crippen LogP contribution is 2.15. The monoisotopic (exact) mass is 379 g/mol. The molecule has 134 valence electrons. The van der Waals surface area contributed by atoms with Crippen LogP contribution in [0.5, 0.6) is 0 Å². The first-order chi connectivity index (χ1) is 12.2. The van der Waals surface area contributed by atoms with Crippen LogP contribution < -0.4 is 5.32 Å². The molecule has 1 fully saturated rings. The summed E-state index contributed by atoms with van der Waals surface area (Å²) in [7, 11) is 0. The van der Waals surface area contributed by atoms with E-state index < -0.39 is 0 Å². The molecule has 25 heavy (non-hydrogen) atoms. The molecular formula is C18H22ClN3O2S. The lowest BCUT2D eigenvalue weighted by Gasteiger charge is -2.30. The average molecular weight is 380 g/mol. The SMILES string of the molecule is O=C(Nc1ccc(Cl)cc1)N(CCN1CCOCC1)Cc1ccsc1. The van der Waals surface area contributed by atoms with Crippen LogP contribution in [0.2, 0.25) is 5.02 Å². The zero-order valence-corrected chi connectivity index (χ0v) is 15.6. The third-order valence-electron chi connectivity index (χ3n) is 4.13.